The molecule has 0 aliphatic rings. The summed E-state index contributed by atoms with van der Waals surface area (Å²) in [6.07, 6.45) is 8.12. The van der Waals surface area contributed by atoms with Crippen molar-refractivity contribution >= 4 is 5.65 Å². The smallest absolute Gasteiger partial charge is 0.213 e. The fourth-order valence-corrected chi connectivity index (χ4v) is 3.26. The predicted octanol–water partition coefficient (Wildman–Crippen LogP) is 3.50. The first-order valence-corrected chi connectivity index (χ1v) is 9.99. The summed E-state index contributed by atoms with van der Waals surface area (Å²) < 4.78 is 12.9. The van der Waals surface area contributed by atoms with Crippen LogP contribution < -0.4 is 9.47 Å². The molecule has 31 heavy (non-hydrogen) atoms. The third-order valence-corrected chi connectivity index (χ3v) is 4.90. The molecular weight excluding hydrogens is 394 g/mol. The summed E-state index contributed by atoms with van der Waals surface area (Å²) in [5.41, 5.74) is 4.11. The molecule has 0 aliphatic carbocycles. The molecule has 0 amide bonds. The van der Waals surface area contributed by atoms with Crippen LogP contribution in [0.15, 0.2) is 55.1 Å². The van der Waals surface area contributed by atoms with Crippen molar-refractivity contribution in [1.82, 2.24) is 24.3 Å². The Morgan fingerprint density at radius 1 is 1.00 bits per heavy atom. The Labute approximate surface area is 180 Å². The molecular formula is C23H25N5O3. The maximum atomic E-state index is 9.88. The summed E-state index contributed by atoms with van der Waals surface area (Å²) in [7, 11) is 5.61. The molecule has 1 N–H and O–H groups in total. The highest BCUT2D eigenvalue weighted by atomic mass is 16.5. The van der Waals surface area contributed by atoms with Gasteiger partial charge in [0.1, 0.15) is 0 Å². The first kappa shape index (κ1) is 20.6. The van der Waals surface area contributed by atoms with Crippen molar-refractivity contribution in [3.05, 3.63) is 55.1 Å². The molecule has 3 heterocycles. The van der Waals surface area contributed by atoms with Crippen molar-refractivity contribution in [2.45, 2.75) is 6.42 Å². The van der Waals surface area contributed by atoms with Crippen LogP contribution >= 0.6 is 0 Å². The van der Waals surface area contributed by atoms with Gasteiger partial charge in [-0.05, 0) is 44.8 Å². The second kappa shape index (κ2) is 9.01. The number of aromatic hydroxyl groups is 1. The maximum Gasteiger partial charge on any atom is 0.213 e. The van der Waals surface area contributed by atoms with E-state index in [1.54, 1.807) is 30.7 Å². The highest BCUT2D eigenvalue weighted by Gasteiger charge is 2.11. The van der Waals surface area contributed by atoms with E-state index in [-0.39, 0.29) is 5.75 Å². The van der Waals surface area contributed by atoms with E-state index in [1.807, 2.05) is 42.9 Å². The van der Waals surface area contributed by atoms with Gasteiger partial charge in [-0.15, -0.1) is 0 Å². The van der Waals surface area contributed by atoms with Gasteiger partial charge in [0.2, 0.25) is 5.88 Å². The summed E-state index contributed by atoms with van der Waals surface area (Å²) in [6.45, 7) is 1.60. The van der Waals surface area contributed by atoms with Crippen LogP contribution in [0.1, 0.15) is 6.42 Å². The van der Waals surface area contributed by atoms with E-state index in [0.29, 0.717) is 18.2 Å². The normalized spacial score (nSPS) is 11.2. The molecule has 0 atom stereocenters. The largest absolute Gasteiger partial charge is 0.504 e. The van der Waals surface area contributed by atoms with Gasteiger partial charge in [0.15, 0.2) is 17.1 Å². The Morgan fingerprint density at radius 2 is 1.84 bits per heavy atom. The van der Waals surface area contributed by atoms with E-state index in [9.17, 15) is 5.11 Å². The highest BCUT2D eigenvalue weighted by molar-refractivity contribution is 5.68. The van der Waals surface area contributed by atoms with Gasteiger partial charge in [0.25, 0.3) is 0 Å². The number of phenolic OH excluding ortho intramolecular Hbond substituents is 1. The molecule has 4 aromatic rings. The van der Waals surface area contributed by atoms with Crippen molar-refractivity contribution in [2.75, 3.05) is 34.4 Å². The number of benzene rings is 1. The summed E-state index contributed by atoms with van der Waals surface area (Å²) in [5, 5.41) is 9.88. The van der Waals surface area contributed by atoms with Crippen molar-refractivity contribution in [3.63, 3.8) is 0 Å². The summed E-state index contributed by atoms with van der Waals surface area (Å²) in [5.74, 6) is 1.10. The lowest BCUT2D eigenvalue weighted by molar-refractivity contribution is 0.273. The Kier molecular flexibility index (Phi) is 5.99. The molecule has 0 saturated carbocycles. The Bertz CT molecular complexity index is 1170. The Balaban J connectivity index is 1.57. The molecule has 0 unspecified atom stereocenters. The first-order chi connectivity index (χ1) is 15.0. The van der Waals surface area contributed by atoms with E-state index < -0.39 is 0 Å². The second-order valence-electron chi connectivity index (χ2n) is 7.42. The number of methoxy groups -OCH3 is 1. The molecule has 0 fully saturated rings. The van der Waals surface area contributed by atoms with Crippen LogP contribution in [0.2, 0.25) is 0 Å². The number of hydrogen-bond acceptors (Lipinski definition) is 7. The fourth-order valence-electron chi connectivity index (χ4n) is 3.26. The van der Waals surface area contributed by atoms with Crippen LogP contribution in [0.3, 0.4) is 0 Å². The topological polar surface area (TPSA) is 85.0 Å². The molecule has 0 bridgehead atoms. The minimum Gasteiger partial charge on any atom is -0.504 e. The molecule has 8 heteroatoms. The van der Waals surface area contributed by atoms with Crippen LogP contribution in [0, 0.1) is 0 Å². The van der Waals surface area contributed by atoms with E-state index in [1.165, 1.54) is 7.11 Å². The van der Waals surface area contributed by atoms with Crippen LogP contribution in [0.5, 0.6) is 17.4 Å². The van der Waals surface area contributed by atoms with Crippen LogP contribution in [0.25, 0.3) is 28.2 Å². The van der Waals surface area contributed by atoms with Gasteiger partial charge in [0, 0.05) is 36.1 Å². The lowest BCUT2D eigenvalue weighted by Gasteiger charge is -2.10. The number of rotatable bonds is 8. The number of nitrogens with zero attached hydrogens (tertiary/aromatic N) is 5. The lowest BCUT2D eigenvalue weighted by Crippen LogP contribution is -2.15. The first-order valence-electron chi connectivity index (χ1n) is 9.99. The van der Waals surface area contributed by atoms with Crippen LogP contribution in [-0.2, 0) is 0 Å². The number of aromatic nitrogens is 4. The molecule has 0 saturated heterocycles. The van der Waals surface area contributed by atoms with E-state index >= 15 is 0 Å². The van der Waals surface area contributed by atoms with Gasteiger partial charge in [0.05, 0.1) is 37.5 Å². The number of ether oxygens (including phenoxy) is 2. The van der Waals surface area contributed by atoms with Crippen LogP contribution in [-0.4, -0.2) is 63.7 Å². The van der Waals surface area contributed by atoms with E-state index in [4.69, 9.17) is 9.47 Å². The molecule has 3 aromatic heterocycles. The zero-order valence-corrected chi connectivity index (χ0v) is 17.8. The van der Waals surface area contributed by atoms with Gasteiger partial charge in [-0.1, -0.05) is 0 Å². The molecule has 0 spiro atoms. The summed E-state index contributed by atoms with van der Waals surface area (Å²) >= 11 is 0. The Hall–Kier alpha value is -3.65. The Morgan fingerprint density at radius 3 is 2.58 bits per heavy atom. The number of pyridine rings is 1. The van der Waals surface area contributed by atoms with E-state index in [2.05, 4.69) is 19.9 Å². The van der Waals surface area contributed by atoms with Gasteiger partial charge in [-0.2, -0.15) is 0 Å². The van der Waals surface area contributed by atoms with Gasteiger partial charge in [-0.3, -0.25) is 9.38 Å². The third-order valence-electron chi connectivity index (χ3n) is 4.90. The third kappa shape index (κ3) is 4.59. The van der Waals surface area contributed by atoms with E-state index in [0.717, 1.165) is 41.1 Å². The maximum absolute atomic E-state index is 9.88. The summed E-state index contributed by atoms with van der Waals surface area (Å²) in [6, 6.07) is 9.02. The minimum atomic E-state index is 0.0949. The number of hydrogen-bond donors (Lipinski definition) is 1. The molecule has 0 aliphatic heterocycles. The van der Waals surface area contributed by atoms with Crippen LogP contribution in [0.4, 0.5) is 0 Å². The van der Waals surface area contributed by atoms with Gasteiger partial charge in [-0.25, -0.2) is 9.97 Å². The molecule has 0 radical (unpaired) electrons. The predicted molar refractivity (Wildman–Crippen MR) is 119 cm³/mol. The number of imidazole rings is 1. The quantitative estimate of drug-likeness (QED) is 0.438. The fraction of sp³-hybridized carbons (Fsp3) is 0.261. The standard InChI is InChI=1S/C23H25N5O3/c1-27(2)9-4-10-31-23-8-6-17(12-26-23)18-15-28-19(13-25-22(28)14-24-18)16-5-7-20(29)21(11-16)30-3/h5-8,11-15,29H,4,9-10H2,1-3H3. The lowest BCUT2D eigenvalue weighted by atomic mass is 10.1. The molecule has 8 nitrogen and oxygen atoms in total. The average Bonchev–Trinajstić information content (AvgIpc) is 3.20. The zero-order chi connectivity index (χ0) is 21.8. The minimum absolute atomic E-state index is 0.0949. The highest BCUT2D eigenvalue weighted by Crippen LogP contribution is 2.32. The molecule has 160 valence electrons. The number of phenols is 1. The van der Waals surface area contributed by atoms with Crippen molar-refractivity contribution < 1.29 is 14.6 Å². The molecule has 4 rings (SSSR count). The zero-order valence-electron chi connectivity index (χ0n) is 17.8. The average molecular weight is 419 g/mol. The summed E-state index contributed by atoms with van der Waals surface area (Å²) in [4.78, 5) is 15.5. The van der Waals surface area contributed by atoms with Crippen molar-refractivity contribution in [3.8, 4) is 39.9 Å². The second-order valence-corrected chi connectivity index (χ2v) is 7.42. The van der Waals surface area contributed by atoms with Gasteiger partial charge < -0.3 is 19.5 Å². The SMILES string of the molecule is COc1cc(-c2cnc3cnc(-c4ccc(OCCCN(C)C)nc4)cn23)ccc1O. The van der Waals surface area contributed by atoms with Crippen molar-refractivity contribution in [2.24, 2.45) is 0 Å². The monoisotopic (exact) mass is 419 g/mol. The van der Waals surface area contributed by atoms with Gasteiger partial charge >= 0.3 is 0 Å². The number of fused-ring (bicyclic) bond motifs is 1. The van der Waals surface area contributed by atoms with Crippen molar-refractivity contribution in [1.29, 1.82) is 0 Å². The molecule has 1 aromatic carbocycles.